The van der Waals surface area contributed by atoms with Gasteiger partial charge in [-0.1, -0.05) is 45.7 Å². The Morgan fingerprint density at radius 2 is 1.27 bits per heavy atom. The van der Waals surface area contributed by atoms with Crippen LogP contribution in [0.5, 0.6) is 0 Å². The van der Waals surface area contributed by atoms with E-state index in [1.54, 1.807) is 6.07 Å². The molecule has 1 saturated carbocycles. The van der Waals surface area contributed by atoms with Gasteiger partial charge in [0.25, 0.3) is 5.92 Å². The molecular weight excluding hydrogens is 493 g/mol. The summed E-state index contributed by atoms with van der Waals surface area (Å²) in [7, 11) is 0. The summed E-state index contributed by atoms with van der Waals surface area (Å²) in [6.07, 6.45) is 2.64. The summed E-state index contributed by atoms with van der Waals surface area (Å²) in [6.45, 7) is 7.32. The lowest BCUT2D eigenvalue weighted by Gasteiger charge is -2.26. The van der Waals surface area contributed by atoms with Crippen LogP contribution < -0.4 is 0 Å². The van der Waals surface area contributed by atoms with Gasteiger partial charge in [0.05, 0.1) is 5.56 Å². The van der Waals surface area contributed by atoms with Crippen LogP contribution in [-0.4, -0.2) is 0 Å². The molecule has 37 heavy (non-hydrogen) atoms. The lowest BCUT2D eigenvalue weighted by atomic mass is 9.79. The lowest BCUT2D eigenvalue weighted by Crippen LogP contribution is -2.21. The summed E-state index contributed by atoms with van der Waals surface area (Å²) in [5.74, 6) is -9.15. The zero-order valence-corrected chi connectivity index (χ0v) is 21.4. The van der Waals surface area contributed by atoms with Crippen LogP contribution in [0.2, 0.25) is 0 Å². The van der Waals surface area contributed by atoms with Crippen molar-refractivity contribution in [3.05, 3.63) is 93.8 Å². The Morgan fingerprint density at radius 3 is 1.78 bits per heavy atom. The van der Waals surface area contributed by atoms with Crippen LogP contribution in [0.1, 0.15) is 74.6 Å². The quantitative estimate of drug-likeness (QED) is 0.291. The van der Waals surface area contributed by atoms with Gasteiger partial charge >= 0.3 is 0 Å². The van der Waals surface area contributed by atoms with E-state index in [0.29, 0.717) is 30.2 Å². The monoisotopic (exact) mass is 524 g/mol. The normalized spacial score (nSPS) is 17.8. The fourth-order valence-electron chi connectivity index (χ4n) is 4.84. The highest BCUT2D eigenvalue weighted by molar-refractivity contribution is 5.65. The SMILES string of the molecule is CC.Cc1c(F)cc(CC(F)(F)c2c(F)cc(-c3ccc(C4CCC(C)CC4)cc3F)cc2F)cc1F. The molecule has 4 rings (SSSR count). The molecule has 0 atom stereocenters. The van der Waals surface area contributed by atoms with Gasteiger partial charge in [0.1, 0.15) is 29.1 Å². The van der Waals surface area contributed by atoms with Gasteiger partial charge in [-0.3, -0.25) is 0 Å². The van der Waals surface area contributed by atoms with Crippen LogP contribution in [0.25, 0.3) is 11.1 Å². The average molecular weight is 525 g/mol. The number of rotatable bonds is 5. The molecule has 0 unspecified atom stereocenters. The number of hydrogen-bond acceptors (Lipinski definition) is 0. The first-order valence-corrected chi connectivity index (χ1v) is 12.6. The molecule has 0 saturated heterocycles. The van der Waals surface area contributed by atoms with E-state index in [4.69, 9.17) is 0 Å². The molecule has 1 aliphatic rings. The molecule has 0 aliphatic heterocycles. The Bertz CT molecular complexity index is 1190. The molecule has 0 radical (unpaired) electrons. The van der Waals surface area contributed by atoms with Gasteiger partial charge in [-0.2, -0.15) is 0 Å². The third-order valence-corrected chi connectivity index (χ3v) is 6.97. The molecule has 0 nitrogen and oxygen atoms in total. The molecule has 7 heteroatoms. The number of alkyl halides is 2. The zero-order valence-electron chi connectivity index (χ0n) is 21.4. The Kier molecular flexibility index (Phi) is 9.09. The Balaban J connectivity index is 0.00000186. The van der Waals surface area contributed by atoms with Crippen LogP contribution in [0.3, 0.4) is 0 Å². The third kappa shape index (κ3) is 6.36. The van der Waals surface area contributed by atoms with E-state index in [0.717, 1.165) is 38.2 Å². The highest BCUT2D eigenvalue weighted by Gasteiger charge is 2.39. The van der Waals surface area contributed by atoms with Crippen molar-refractivity contribution in [2.24, 2.45) is 5.92 Å². The summed E-state index contributed by atoms with van der Waals surface area (Å²) in [6, 6.07) is 7.19. The second-order valence-corrected chi connectivity index (χ2v) is 9.58. The second kappa shape index (κ2) is 11.7. The van der Waals surface area contributed by atoms with Crippen molar-refractivity contribution in [2.75, 3.05) is 0 Å². The maximum atomic E-state index is 14.9. The largest absolute Gasteiger partial charge is 0.282 e. The first-order chi connectivity index (χ1) is 17.5. The summed E-state index contributed by atoms with van der Waals surface area (Å²) in [5.41, 5.74) is -1.83. The Hall–Kier alpha value is -2.83. The lowest BCUT2D eigenvalue weighted by molar-refractivity contribution is -0.0110. The second-order valence-electron chi connectivity index (χ2n) is 9.58. The van der Waals surface area contributed by atoms with Crippen LogP contribution in [-0.2, 0) is 12.3 Å². The molecule has 0 spiro atoms. The highest BCUT2D eigenvalue weighted by Crippen LogP contribution is 2.40. The van der Waals surface area contributed by atoms with Gasteiger partial charge in [0.2, 0.25) is 0 Å². The highest BCUT2D eigenvalue weighted by atomic mass is 19.3. The molecule has 0 amide bonds. The molecule has 200 valence electrons. The van der Waals surface area contributed by atoms with Crippen molar-refractivity contribution in [3.63, 3.8) is 0 Å². The van der Waals surface area contributed by atoms with Crippen molar-refractivity contribution in [1.29, 1.82) is 0 Å². The molecule has 0 bridgehead atoms. The fraction of sp³-hybridized carbons (Fsp3) is 0.400. The summed E-state index contributed by atoms with van der Waals surface area (Å²) < 4.78 is 102. The van der Waals surface area contributed by atoms with Gasteiger partial charge in [0.15, 0.2) is 0 Å². The average Bonchev–Trinajstić information content (AvgIpc) is 2.83. The van der Waals surface area contributed by atoms with E-state index in [9.17, 15) is 30.7 Å². The first kappa shape index (κ1) is 28.7. The molecule has 0 heterocycles. The third-order valence-electron chi connectivity index (χ3n) is 6.97. The van der Waals surface area contributed by atoms with Crippen molar-refractivity contribution in [3.8, 4) is 11.1 Å². The minimum Gasteiger partial charge on any atom is -0.207 e. The van der Waals surface area contributed by atoms with Crippen molar-refractivity contribution in [1.82, 2.24) is 0 Å². The summed E-state index contributed by atoms with van der Waals surface area (Å²) >= 11 is 0. The van der Waals surface area contributed by atoms with E-state index in [2.05, 4.69) is 6.92 Å². The van der Waals surface area contributed by atoms with Crippen LogP contribution in [0.15, 0.2) is 42.5 Å². The standard InChI is InChI=1S/C28H25F7.C2H6/c1-15-3-5-18(6-4-15)19-7-8-21(24(31)11-19)20-12-25(32)27(26(33)13-20)28(34,35)14-17-9-22(29)16(2)23(30)10-17;1-2/h7-13,15,18H,3-6,14H2,1-2H3;1-2H3. The molecule has 1 aliphatic carbocycles. The minimum atomic E-state index is -4.10. The number of halogens is 7. The molecular formula is C30H31F7. The predicted molar refractivity (Wildman–Crippen MR) is 132 cm³/mol. The van der Waals surface area contributed by atoms with Gasteiger partial charge in [-0.15, -0.1) is 0 Å². The number of hydrogen-bond donors (Lipinski definition) is 0. The van der Waals surface area contributed by atoms with Gasteiger partial charge in [-0.25, -0.2) is 30.7 Å². The van der Waals surface area contributed by atoms with Crippen molar-refractivity contribution in [2.45, 2.75) is 71.6 Å². The van der Waals surface area contributed by atoms with E-state index in [1.165, 1.54) is 12.1 Å². The molecule has 0 N–H and O–H groups in total. The smallest absolute Gasteiger partial charge is 0.207 e. The first-order valence-electron chi connectivity index (χ1n) is 12.6. The summed E-state index contributed by atoms with van der Waals surface area (Å²) in [5, 5.41) is 0. The van der Waals surface area contributed by atoms with E-state index in [-0.39, 0.29) is 22.6 Å². The van der Waals surface area contributed by atoms with E-state index >= 15 is 0 Å². The molecule has 0 aromatic heterocycles. The fourth-order valence-corrected chi connectivity index (χ4v) is 4.84. The maximum absolute atomic E-state index is 14.9. The summed E-state index contributed by atoms with van der Waals surface area (Å²) in [4.78, 5) is 0. The predicted octanol–water partition coefficient (Wildman–Crippen LogP) is 10.0. The van der Waals surface area contributed by atoms with Crippen LogP contribution in [0, 0.1) is 41.9 Å². The number of benzene rings is 3. The van der Waals surface area contributed by atoms with Crippen molar-refractivity contribution < 1.29 is 30.7 Å². The molecule has 3 aromatic rings. The Labute approximate surface area is 213 Å². The zero-order chi connectivity index (χ0) is 27.5. The minimum absolute atomic E-state index is 0.103. The van der Waals surface area contributed by atoms with Gasteiger partial charge < -0.3 is 0 Å². The van der Waals surface area contributed by atoms with E-state index in [1.807, 2.05) is 13.8 Å². The topological polar surface area (TPSA) is 0 Å². The maximum Gasteiger partial charge on any atom is 0.282 e. The molecule has 3 aromatic carbocycles. The van der Waals surface area contributed by atoms with Crippen LogP contribution >= 0.6 is 0 Å². The van der Waals surface area contributed by atoms with Crippen molar-refractivity contribution >= 4 is 0 Å². The van der Waals surface area contributed by atoms with Gasteiger partial charge in [-0.05, 0) is 78.6 Å². The van der Waals surface area contributed by atoms with E-state index < -0.39 is 52.6 Å². The Morgan fingerprint density at radius 1 is 0.730 bits per heavy atom. The van der Waals surface area contributed by atoms with Crippen LogP contribution in [0.4, 0.5) is 30.7 Å². The molecule has 1 fully saturated rings. The van der Waals surface area contributed by atoms with Gasteiger partial charge in [0, 0.05) is 17.5 Å².